The molecule has 2 aromatic carbocycles. The van der Waals surface area contributed by atoms with Crippen molar-refractivity contribution < 1.29 is 9.53 Å². The van der Waals surface area contributed by atoms with Crippen LogP contribution in [-0.2, 0) is 4.79 Å². The van der Waals surface area contributed by atoms with Crippen LogP contribution >= 0.6 is 0 Å². The zero-order valence-corrected chi connectivity index (χ0v) is 12.9. The molecule has 2 rings (SSSR count). The molecule has 0 atom stereocenters. The molecule has 0 N–H and O–H groups in total. The summed E-state index contributed by atoms with van der Waals surface area (Å²) in [5.74, 6) is 0.218. The molecule has 0 fully saturated rings. The molecule has 0 radical (unpaired) electrons. The average Bonchev–Trinajstić information content (AvgIpc) is 2.55. The van der Waals surface area contributed by atoms with Crippen molar-refractivity contribution in [2.24, 2.45) is 5.41 Å². The molecule has 22 heavy (non-hydrogen) atoms. The van der Waals surface area contributed by atoms with E-state index in [9.17, 15) is 4.79 Å². The SMILES string of the molecule is CC(C)(C#N)CCC(=O)Oc1ccc(-c2ccccc2)cc1. The Morgan fingerprint density at radius 2 is 1.64 bits per heavy atom. The highest BCUT2D eigenvalue weighted by molar-refractivity contribution is 5.73. The molecule has 112 valence electrons. The number of hydrogen-bond acceptors (Lipinski definition) is 3. The van der Waals surface area contributed by atoms with Gasteiger partial charge in [-0.25, -0.2) is 0 Å². The van der Waals surface area contributed by atoms with Crippen molar-refractivity contribution in [2.45, 2.75) is 26.7 Å². The molecular weight excluding hydrogens is 274 g/mol. The van der Waals surface area contributed by atoms with Crippen molar-refractivity contribution in [1.82, 2.24) is 0 Å². The van der Waals surface area contributed by atoms with Crippen molar-refractivity contribution in [3.05, 3.63) is 54.6 Å². The van der Waals surface area contributed by atoms with Crippen molar-refractivity contribution in [2.75, 3.05) is 0 Å². The Balaban J connectivity index is 1.94. The zero-order valence-electron chi connectivity index (χ0n) is 12.9. The fourth-order valence-electron chi connectivity index (χ4n) is 2.00. The van der Waals surface area contributed by atoms with E-state index in [-0.39, 0.29) is 12.4 Å². The first-order chi connectivity index (χ1) is 10.5. The highest BCUT2D eigenvalue weighted by atomic mass is 16.5. The van der Waals surface area contributed by atoms with Crippen LogP contribution in [0.2, 0.25) is 0 Å². The van der Waals surface area contributed by atoms with E-state index in [1.807, 2.05) is 56.3 Å². The van der Waals surface area contributed by atoms with Gasteiger partial charge in [0.25, 0.3) is 0 Å². The summed E-state index contributed by atoms with van der Waals surface area (Å²) < 4.78 is 5.30. The van der Waals surface area contributed by atoms with Gasteiger partial charge in [-0.2, -0.15) is 5.26 Å². The van der Waals surface area contributed by atoms with Crippen LogP contribution in [-0.4, -0.2) is 5.97 Å². The molecule has 0 aliphatic heterocycles. The van der Waals surface area contributed by atoms with Gasteiger partial charge >= 0.3 is 5.97 Å². The molecule has 0 unspecified atom stereocenters. The number of hydrogen-bond donors (Lipinski definition) is 0. The summed E-state index contributed by atoms with van der Waals surface area (Å²) in [7, 11) is 0. The highest BCUT2D eigenvalue weighted by Gasteiger charge is 2.19. The Hall–Kier alpha value is -2.60. The van der Waals surface area contributed by atoms with E-state index in [1.165, 1.54) is 0 Å². The number of carbonyl (C=O) groups is 1. The summed E-state index contributed by atoms with van der Waals surface area (Å²) in [6.07, 6.45) is 0.728. The fraction of sp³-hybridized carbons (Fsp3) is 0.263. The summed E-state index contributed by atoms with van der Waals surface area (Å²) in [5.41, 5.74) is 1.69. The molecule has 2 aromatic rings. The second kappa shape index (κ2) is 6.91. The molecule has 0 bridgehead atoms. The topological polar surface area (TPSA) is 50.1 Å². The molecule has 0 aliphatic rings. The third-order valence-corrected chi connectivity index (χ3v) is 3.45. The number of nitrogens with zero attached hydrogens (tertiary/aromatic N) is 1. The Kier molecular flexibility index (Phi) is 4.95. The number of esters is 1. The molecule has 0 aliphatic carbocycles. The Morgan fingerprint density at radius 1 is 1.05 bits per heavy atom. The van der Waals surface area contributed by atoms with Crippen LogP contribution in [0.25, 0.3) is 11.1 Å². The van der Waals surface area contributed by atoms with E-state index in [0.717, 1.165) is 11.1 Å². The van der Waals surface area contributed by atoms with Crippen LogP contribution in [0.1, 0.15) is 26.7 Å². The van der Waals surface area contributed by atoms with E-state index in [1.54, 1.807) is 12.1 Å². The first-order valence-corrected chi connectivity index (χ1v) is 7.28. The van der Waals surface area contributed by atoms with Gasteiger partial charge in [0.15, 0.2) is 0 Å². The van der Waals surface area contributed by atoms with E-state index in [2.05, 4.69) is 6.07 Å². The minimum absolute atomic E-state index is 0.237. The smallest absolute Gasteiger partial charge is 0.311 e. The average molecular weight is 293 g/mol. The van der Waals surface area contributed by atoms with Gasteiger partial charge in [0, 0.05) is 6.42 Å². The second-order valence-electron chi connectivity index (χ2n) is 5.86. The number of carbonyl (C=O) groups excluding carboxylic acids is 1. The lowest BCUT2D eigenvalue weighted by molar-refractivity contribution is -0.134. The van der Waals surface area contributed by atoms with E-state index in [4.69, 9.17) is 10.00 Å². The van der Waals surface area contributed by atoms with Gasteiger partial charge in [0.05, 0.1) is 11.5 Å². The summed E-state index contributed by atoms with van der Waals surface area (Å²) >= 11 is 0. The van der Waals surface area contributed by atoms with Gasteiger partial charge in [-0.05, 0) is 43.5 Å². The van der Waals surface area contributed by atoms with Crippen LogP contribution in [0.4, 0.5) is 0 Å². The van der Waals surface area contributed by atoms with Crippen molar-refractivity contribution >= 4 is 5.97 Å². The quantitative estimate of drug-likeness (QED) is 0.598. The van der Waals surface area contributed by atoms with Gasteiger partial charge < -0.3 is 4.74 Å². The highest BCUT2D eigenvalue weighted by Crippen LogP contribution is 2.24. The minimum Gasteiger partial charge on any atom is -0.427 e. The van der Waals surface area contributed by atoms with Gasteiger partial charge in [-0.1, -0.05) is 42.5 Å². The molecule has 0 spiro atoms. The monoisotopic (exact) mass is 293 g/mol. The first-order valence-electron chi connectivity index (χ1n) is 7.28. The second-order valence-corrected chi connectivity index (χ2v) is 5.86. The zero-order chi connectivity index (χ0) is 16.0. The van der Waals surface area contributed by atoms with E-state index >= 15 is 0 Å². The normalized spacial score (nSPS) is 10.8. The maximum atomic E-state index is 11.8. The molecule has 0 saturated heterocycles. The van der Waals surface area contributed by atoms with E-state index < -0.39 is 5.41 Å². The van der Waals surface area contributed by atoms with Gasteiger partial charge in [0.2, 0.25) is 0 Å². The number of rotatable bonds is 5. The van der Waals surface area contributed by atoms with Crippen molar-refractivity contribution in [3.63, 3.8) is 0 Å². The number of benzene rings is 2. The first kappa shape index (κ1) is 15.8. The third-order valence-electron chi connectivity index (χ3n) is 3.45. The summed E-state index contributed by atoms with van der Waals surface area (Å²) in [6, 6.07) is 19.6. The van der Waals surface area contributed by atoms with Crippen LogP contribution in [0.3, 0.4) is 0 Å². The van der Waals surface area contributed by atoms with Gasteiger partial charge in [0.1, 0.15) is 5.75 Å². The lowest BCUT2D eigenvalue weighted by atomic mass is 9.90. The number of nitriles is 1. The lowest BCUT2D eigenvalue weighted by Gasteiger charge is -2.13. The molecule has 3 nitrogen and oxygen atoms in total. The molecular formula is C19H19NO2. The Morgan fingerprint density at radius 3 is 2.23 bits per heavy atom. The predicted molar refractivity (Wildman–Crippen MR) is 86.1 cm³/mol. The summed E-state index contributed by atoms with van der Waals surface area (Å²) in [5, 5.41) is 8.93. The lowest BCUT2D eigenvalue weighted by Crippen LogP contribution is -2.14. The van der Waals surface area contributed by atoms with Gasteiger partial charge in [-0.15, -0.1) is 0 Å². The molecule has 0 heterocycles. The Labute approximate surface area is 131 Å². The van der Waals surface area contributed by atoms with E-state index in [0.29, 0.717) is 12.2 Å². The maximum absolute atomic E-state index is 11.8. The summed E-state index contributed by atoms with van der Waals surface area (Å²) in [6.45, 7) is 3.63. The number of ether oxygens (including phenoxy) is 1. The predicted octanol–water partition coefficient (Wildman–Crippen LogP) is 4.59. The van der Waals surface area contributed by atoms with Crippen LogP contribution in [0.15, 0.2) is 54.6 Å². The minimum atomic E-state index is -0.504. The Bertz CT molecular complexity index is 667. The molecule has 0 saturated carbocycles. The molecule has 0 amide bonds. The van der Waals surface area contributed by atoms with Crippen LogP contribution in [0.5, 0.6) is 5.75 Å². The largest absolute Gasteiger partial charge is 0.427 e. The van der Waals surface area contributed by atoms with Crippen molar-refractivity contribution in [3.8, 4) is 22.9 Å². The molecule has 3 heteroatoms. The molecule has 0 aromatic heterocycles. The maximum Gasteiger partial charge on any atom is 0.311 e. The van der Waals surface area contributed by atoms with Crippen molar-refractivity contribution in [1.29, 1.82) is 5.26 Å². The van der Waals surface area contributed by atoms with Gasteiger partial charge in [-0.3, -0.25) is 4.79 Å². The fourth-order valence-corrected chi connectivity index (χ4v) is 2.00. The van der Waals surface area contributed by atoms with Crippen LogP contribution < -0.4 is 4.74 Å². The summed E-state index contributed by atoms with van der Waals surface area (Å²) in [4.78, 5) is 11.8. The van der Waals surface area contributed by atoms with Crippen LogP contribution in [0, 0.1) is 16.7 Å². The standard InChI is InChI=1S/C19H19NO2/c1-19(2,14-20)13-12-18(21)22-17-10-8-16(9-11-17)15-6-4-3-5-7-15/h3-11H,12-13H2,1-2H3. The third kappa shape index (κ3) is 4.46.